The van der Waals surface area contributed by atoms with Gasteiger partial charge in [0.15, 0.2) is 0 Å². The highest BCUT2D eigenvalue weighted by molar-refractivity contribution is 6.31. The van der Waals surface area contributed by atoms with Gasteiger partial charge in [-0.05, 0) is 35.9 Å². The maximum absolute atomic E-state index is 11.9. The number of amides is 1. The van der Waals surface area contributed by atoms with Crippen molar-refractivity contribution in [2.45, 2.75) is 6.54 Å². The van der Waals surface area contributed by atoms with Gasteiger partial charge in [0, 0.05) is 22.8 Å². The zero-order valence-corrected chi connectivity index (χ0v) is 10.4. The first-order chi connectivity index (χ1) is 8.66. The smallest absolute Gasteiger partial charge is 0.251 e. The van der Waals surface area contributed by atoms with Gasteiger partial charge >= 0.3 is 0 Å². The van der Waals surface area contributed by atoms with Crippen molar-refractivity contribution in [3.05, 3.63) is 64.7 Å². The molecule has 0 saturated heterocycles. The Morgan fingerprint density at radius 1 is 1.33 bits per heavy atom. The molecule has 0 bridgehead atoms. The lowest BCUT2D eigenvalue weighted by Gasteiger charge is -2.07. The Bertz CT molecular complexity index is 569. The van der Waals surface area contributed by atoms with Crippen molar-refractivity contribution >= 4 is 23.2 Å². The first-order valence-electron chi connectivity index (χ1n) is 5.45. The van der Waals surface area contributed by atoms with Gasteiger partial charge in [-0.25, -0.2) is 0 Å². The molecular formula is C14H12ClN2O. The second-order valence-electron chi connectivity index (χ2n) is 3.83. The molecule has 18 heavy (non-hydrogen) atoms. The SMILES string of the molecule is Nc1c[c]cc(C(=O)NCc2ccccc2Cl)c1. The molecule has 0 saturated carbocycles. The molecule has 2 aromatic carbocycles. The molecule has 4 heteroatoms. The highest BCUT2D eigenvalue weighted by Crippen LogP contribution is 2.14. The lowest BCUT2D eigenvalue weighted by molar-refractivity contribution is 0.0951. The molecule has 91 valence electrons. The van der Waals surface area contributed by atoms with Crippen LogP contribution in [0.4, 0.5) is 5.69 Å². The molecule has 0 aliphatic carbocycles. The summed E-state index contributed by atoms with van der Waals surface area (Å²) in [4.78, 5) is 11.9. The fourth-order valence-corrected chi connectivity index (χ4v) is 1.74. The Hall–Kier alpha value is -2.00. The fraction of sp³-hybridized carbons (Fsp3) is 0.0714. The minimum Gasteiger partial charge on any atom is -0.399 e. The van der Waals surface area contributed by atoms with Crippen LogP contribution in [0.2, 0.25) is 5.02 Å². The summed E-state index contributed by atoms with van der Waals surface area (Å²) in [6.07, 6.45) is 0. The van der Waals surface area contributed by atoms with Crippen LogP contribution < -0.4 is 11.1 Å². The standard InChI is InChI=1S/C14H12ClN2O/c15-13-7-2-1-4-11(13)9-17-14(18)10-5-3-6-12(16)8-10/h1-2,4-8H,9,16H2,(H,17,18). The molecular weight excluding hydrogens is 248 g/mol. The fourth-order valence-electron chi connectivity index (χ4n) is 1.54. The maximum atomic E-state index is 11.9. The summed E-state index contributed by atoms with van der Waals surface area (Å²) < 4.78 is 0. The van der Waals surface area contributed by atoms with Crippen molar-refractivity contribution in [3.63, 3.8) is 0 Å². The van der Waals surface area contributed by atoms with E-state index in [4.69, 9.17) is 17.3 Å². The molecule has 0 fully saturated rings. The highest BCUT2D eigenvalue weighted by Gasteiger charge is 2.06. The van der Waals surface area contributed by atoms with E-state index in [-0.39, 0.29) is 5.91 Å². The number of nitrogen functional groups attached to an aromatic ring is 1. The molecule has 0 aliphatic rings. The summed E-state index contributed by atoms with van der Waals surface area (Å²) in [5.74, 6) is -0.196. The number of nitrogens with one attached hydrogen (secondary N) is 1. The lowest BCUT2D eigenvalue weighted by atomic mass is 10.1. The van der Waals surface area contributed by atoms with Gasteiger partial charge in [-0.15, -0.1) is 0 Å². The van der Waals surface area contributed by atoms with Gasteiger partial charge in [-0.3, -0.25) is 4.79 Å². The number of rotatable bonds is 3. The minimum absolute atomic E-state index is 0.196. The van der Waals surface area contributed by atoms with Crippen molar-refractivity contribution in [1.29, 1.82) is 0 Å². The molecule has 0 aromatic heterocycles. The van der Waals surface area contributed by atoms with E-state index >= 15 is 0 Å². The summed E-state index contributed by atoms with van der Waals surface area (Å²) in [6, 6.07) is 15.0. The van der Waals surface area contributed by atoms with Crippen molar-refractivity contribution in [1.82, 2.24) is 5.32 Å². The number of carbonyl (C=O) groups is 1. The van der Waals surface area contributed by atoms with E-state index in [9.17, 15) is 4.79 Å². The summed E-state index contributed by atoms with van der Waals surface area (Å²) in [6.45, 7) is 0.382. The number of hydrogen-bond donors (Lipinski definition) is 2. The van der Waals surface area contributed by atoms with Crippen molar-refractivity contribution in [2.75, 3.05) is 5.73 Å². The topological polar surface area (TPSA) is 55.1 Å². The molecule has 0 atom stereocenters. The largest absolute Gasteiger partial charge is 0.399 e. The van der Waals surface area contributed by atoms with E-state index in [1.807, 2.05) is 18.2 Å². The summed E-state index contributed by atoms with van der Waals surface area (Å²) in [7, 11) is 0. The van der Waals surface area contributed by atoms with E-state index in [1.165, 1.54) is 0 Å². The van der Waals surface area contributed by atoms with Gasteiger partial charge in [0.05, 0.1) is 0 Å². The number of hydrogen-bond acceptors (Lipinski definition) is 2. The Morgan fingerprint density at radius 3 is 2.83 bits per heavy atom. The van der Waals surface area contributed by atoms with Gasteiger partial charge in [-0.1, -0.05) is 29.8 Å². The maximum Gasteiger partial charge on any atom is 0.251 e. The van der Waals surface area contributed by atoms with Gasteiger partial charge < -0.3 is 11.1 Å². The van der Waals surface area contributed by atoms with Crippen LogP contribution in [-0.4, -0.2) is 5.91 Å². The Kier molecular flexibility index (Phi) is 3.85. The predicted molar refractivity (Wildman–Crippen MR) is 72.3 cm³/mol. The summed E-state index contributed by atoms with van der Waals surface area (Å²) >= 11 is 6.00. The van der Waals surface area contributed by atoms with Crippen LogP contribution >= 0.6 is 11.6 Å². The van der Waals surface area contributed by atoms with E-state index < -0.39 is 0 Å². The zero-order valence-electron chi connectivity index (χ0n) is 9.61. The highest BCUT2D eigenvalue weighted by atomic mass is 35.5. The number of nitrogens with two attached hydrogens (primary N) is 1. The van der Waals surface area contributed by atoms with Gasteiger partial charge in [0.1, 0.15) is 0 Å². The molecule has 2 rings (SSSR count). The molecule has 3 nitrogen and oxygen atoms in total. The molecule has 0 aliphatic heterocycles. The van der Waals surface area contributed by atoms with Crippen molar-refractivity contribution in [3.8, 4) is 0 Å². The van der Waals surface area contributed by atoms with Gasteiger partial charge in [0.25, 0.3) is 5.91 Å². The molecule has 2 aromatic rings. The first kappa shape index (κ1) is 12.5. The Labute approximate surface area is 111 Å². The van der Waals surface area contributed by atoms with Crippen LogP contribution in [0.25, 0.3) is 0 Å². The van der Waals surface area contributed by atoms with E-state index in [1.54, 1.807) is 24.3 Å². The summed E-state index contributed by atoms with van der Waals surface area (Å²) in [5.41, 5.74) is 7.47. The van der Waals surface area contributed by atoms with Gasteiger partial charge in [-0.2, -0.15) is 0 Å². The third-order valence-corrected chi connectivity index (χ3v) is 2.84. The van der Waals surface area contributed by atoms with E-state index in [0.29, 0.717) is 22.8 Å². The van der Waals surface area contributed by atoms with Crippen LogP contribution in [-0.2, 0) is 6.54 Å². The number of anilines is 1. The minimum atomic E-state index is -0.196. The quantitative estimate of drug-likeness (QED) is 0.833. The third kappa shape index (κ3) is 3.02. The average molecular weight is 260 g/mol. The molecule has 0 heterocycles. The Balaban J connectivity index is 2.03. The van der Waals surface area contributed by atoms with Crippen LogP contribution in [0.1, 0.15) is 15.9 Å². The number of carbonyl (C=O) groups excluding carboxylic acids is 1. The monoisotopic (exact) mass is 259 g/mol. The average Bonchev–Trinajstić information content (AvgIpc) is 2.37. The Morgan fingerprint density at radius 2 is 2.11 bits per heavy atom. The normalized spacial score (nSPS) is 10.1. The van der Waals surface area contributed by atoms with Crippen LogP contribution in [0.3, 0.4) is 0 Å². The van der Waals surface area contributed by atoms with Gasteiger partial charge in [0.2, 0.25) is 0 Å². The second-order valence-corrected chi connectivity index (χ2v) is 4.24. The third-order valence-electron chi connectivity index (χ3n) is 2.47. The predicted octanol–water partition coefficient (Wildman–Crippen LogP) is 2.65. The van der Waals surface area contributed by atoms with Crippen LogP contribution in [0.15, 0.2) is 42.5 Å². The summed E-state index contributed by atoms with van der Waals surface area (Å²) in [5, 5.41) is 3.42. The molecule has 0 unspecified atom stereocenters. The van der Waals surface area contributed by atoms with E-state index in [2.05, 4.69) is 11.4 Å². The van der Waals surface area contributed by atoms with Crippen molar-refractivity contribution in [2.24, 2.45) is 0 Å². The van der Waals surface area contributed by atoms with E-state index in [0.717, 1.165) is 5.56 Å². The molecule has 1 amide bonds. The molecule has 0 spiro atoms. The first-order valence-corrected chi connectivity index (χ1v) is 5.83. The van der Waals surface area contributed by atoms with Crippen LogP contribution in [0, 0.1) is 6.07 Å². The lowest BCUT2D eigenvalue weighted by Crippen LogP contribution is -2.23. The molecule has 1 radical (unpaired) electrons. The molecule has 3 N–H and O–H groups in total. The number of benzene rings is 2. The number of halogens is 1. The zero-order chi connectivity index (χ0) is 13.0. The van der Waals surface area contributed by atoms with Crippen LogP contribution in [0.5, 0.6) is 0 Å². The van der Waals surface area contributed by atoms with Crippen molar-refractivity contribution < 1.29 is 4.79 Å². The second kappa shape index (κ2) is 5.56.